The summed E-state index contributed by atoms with van der Waals surface area (Å²) >= 11 is 0. The second kappa shape index (κ2) is 7.88. The van der Waals surface area contributed by atoms with E-state index in [1.807, 2.05) is 32.0 Å². The quantitative estimate of drug-likeness (QED) is 0.666. The molecule has 0 saturated heterocycles. The highest BCUT2D eigenvalue weighted by Crippen LogP contribution is 2.24. The van der Waals surface area contributed by atoms with E-state index in [1.165, 1.54) is 0 Å². The van der Waals surface area contributed by atoms with Crippen LogP contribution in [0.5, 0.6) is 0 Å². The molecule has 3 aromatic heterocycles. The van der Waals surface area contributed by atoms with E-state index in [2.05, 4.69) is 25.3 Å². The van der Waals surface area contributed by atoms with Gasteiger partial charge >= 0.3 is 0 Å². The first kappa shape index (κ1) is 17.8. The first-order valence-corrected chi connectivity index (χ1v) is 8.30. The Morgan fingerprint density at radius 1 is 1.23 bits per heavy atom. The maximum Gasteiger partial charge on any atom is 0.252 e. The molecule has 0 aliphatic rings. The molecule has 7 nitrogen and oxygen atoms in total. The van der Waals surface area contributed by atoms with Crippen molar-refractivity contribution in [3.63, 3.8) is 0 Å². The van der Waals surface area contributed by atoms with E-state index >= 15 is 0 Å². The number of aromatic nitrogens is 4. The van der Waals surface area contributed by atoms with Crippen molar-refractivity contribution in [2.24, 2.45) is 0 Å². The number of carbonyl (C=O) groups excluding carboxylic acids is 1. The fourth-order valence-corrected chi connectivity index (χ4v) is 2.50. The van der Waals surface area contributed by atoms with Crippen LogP contribution < -0.4 is 5.32 Å². The minimum Gasteiger partial charge on any atom is -0.383 e. The Morgan fingerprint density at radius 3 is 2.81 bits per heavy atom. The summed E-state index contributed by atoms with van der Waals surface area (Å²) in [6.07, 6.45) is 5.00. The molecule has 7 heteroatoms. The molecular weight excluding hydrogens is 330 g/mol. The first-order chi connectivity index (χ1) is 12.6. The van der Waals surface area contributed by atoms with Gasteiger partial charge in [0, 0.05) is 43.5 Å². The van der Waals surface area contributed by atoms with Crippen molar-refractivity contribution < 1.29 is 9.53 Å². The van der Waals surface area contributed by atoms with Crippen LogP contribution in [0.2, 0.25) is 0 Å². The van der Waals surface area contributed by atoms with E-state index in [0.29, 0.717) is 18.7 Å². The minimum absolute atomic E-state index is 0.178. The number of aryl methyl sites for hydroxylation is 2. The third-order valence-corrected chi connectivity index (χ3v) is 4.06. The molecule has 0 unspecified atom stereocenters. The fraction of sp³-hybridized carbons (Fsp3) is 0.263. The Labute approximate surface area is 151 Å². The van der Waals surface area contributed by atoms with E-state index in [-0.39, 0.29) is 5.91 Å². The molecule has 0 radical (unpaired) electrons. The second-order valence-corrected chi connectivity index (χ2v) is 5.94. The highest BCUT2D eigenvalue weighted by atomic mass is 16.5. The lowest BCUT2D eigenvalue weighted by molar-refractivity contribution is 0.0937. The number of aromatic amines is 1. The predicted octanol–water partition coefficient (Wildman–Crippen LogP) is 2.53. The first-order valence-electron chi connectivity index (χ1n) is 8.30. The van der Waals surface area contributed by atoms with Gasteiger partial charge in [0.2, 0.25) is 0 Å². The fourth-order valence-electron chi connectivity index (χ4n) is 2.50. The summed E-state index contributed by atoms with van der Waals surface area (Å²) in [5.74, 6) is 0.547. The van der Waals surface area contributed by atoms with Gasteiger partial charge in [-0.1, -0.05) is 0 Å². The van der Waals surface area contributed by atoms with Gasteiger partial charge in [-0.15, -0.1) is 0 Å². The zero-order valence-corrected chi connectivity index (χ0v) is 15.0. The standard InChI is InChI=1S/C19H21N5O2/c1-12-13(2)24-18(23-12)17-9-14(4-5-21-17)15-8-16(11-20-10-15)19(25)22-6-7-26-3/h4-5,8-11H,6-7H2,1-3H3,(H,22,25)(H,23,24). The van der Waals surface area contributed by atoms with Crippen LogP contribution in [-0.4, -0.2) is 46.1 Å². The number of ether oxygens (including phenoxy) is 1. The number of nitrogens with zero attached hydrogens (tertiary/aromatic N) is 3. The number of H-pyrrole nitrogens is 1. The molecule has 3 heterocycles. The molecule has 3 rings (SSSR count). The summed E-state index contributed by atoms with van der Waals surface area (Å²) in [5.41, 5.74) is 4.97. The average molecular weight is 351 g/mol. The van der Waals surface area contributed by atoms with Crippen LogP contribution in [0.15, 0.2) is 36.8 Å². The molecule has 134 valence electrons. The van der Waals surface area contributed by atoms with Gasteiger partial charge in [-0.2, -0.15) is 0 Å². The lowest BCUT2D eigenvalue weighted by Gasteiger charge is -2.07. The van der Waals surface area contributed by atoms with Crippen molar-refractivity contribution in [2.45, 2.75) is 13.8 Å². The number of hydrogen-bond acceptors (Lipinski definition) is 5. The third-order valence-electron chi connectivity index (χ3n) is 4.06. The lowest BCUT2D eigenvalue weighted by Crippen LogP contribution is -2.27. The molecular formula is C19H21N5O2. The number of carbonyl (C=O) groups is 1. The highest BCUT2D eigenvalue weighted by molar-refractivity contribution is 5.95. The van der Waals surface area contributed by atoms with Gasteiger partial charge < -0.3 is 15.0 Å². The van der Waals surface area contributed by atoms with Gasteiger partial charge in [0.1, 0.15) is 5.69 Å². The number of pyridine rings is 2. The van der Waals surface area contributed by atoms with Gasteiger partial charge in [-0.3, -0.25) is 14.8 Å². The summed E-state index contributed by atoms with van der Waals surface area (Å²) in [4.78, 5) is 28.5. The largest absolute Gasteiger partial charge is 0.383 e. The van der Waals surface area contributed by atoms with Crippen molar-refractivity contribution >= 4 is 5.91 Å². The predicted molar refractivity (Wildman–Crippen MR) is 98.7 cm³/mol. The number of hydrogen-bond donors (Lipinski definition) is 2. The van der Waals surface area contributed by atoms with Gasteiger partial charge in [0.05, 0.1) is 17.9 Å². The van der Waals surface area contributed by atoms with Crippen LogP contribution >= 0.6 is 0 Å². The third kappa shape index (κ3) is 3.94. The number of amides is 1. The van der Waals surface area contributed by atoms with Crippen molar-refractivity contribution in [2.75, 3.05) is 20.3 Å². The van der Waals surface area contributed by atoms with Crippen molar-refractivity contribution in [1.29, 1.82) is 0 Å². The van der Waals surface area contributed by atoms with E-state index in [9.17, 15) is 4.79 Å². The molecule has 26 heavy (non-hydrogen) atoms. The van der Waals surface area contributed by atoms with Gasteiger partial charge in [-0.05, 0) is 37.6 Å². The number of nitrogens with one attached hydrogen (secondary N) is 2. The van der Waals surface area contributed by atoms with Gasteiger partial charge in [0.25, 0.3) is 5.91 Å². The highest BCUT2D eigenvalue weighted by Gasteiger charge is 2.10. The molecule has 0 bridgehead atoms. The normalized spacial score (nSPS) is 10.7. The smallest absolute Gasteiger partial charge is 0.252 e. The van der Waals surface area contributed by atoms with Crippen LogP contribution in [-0.2, 0) is 4.74 Å². The molecule has 0 aliphatic heterocycles. The Balaban J connectivity index is 1.86. The topological polar surface area (TPSA) is 92.8 Å². The maximum atomic E-state index is 12.2. The molecule has 3 aromatic rings. The van der Waals surface area contributed by atoms with Crippen molar-refractivity contribution in [3.05, 3.63) is 53.7 Å². The molecule has 0 spiro atoms. The Morgan fingerprint density at radius 2 is 2.08 bits per heavy atom. The van der Waals surface area contributed by atoms with E-state index < -0.39 is 0 Å². The van der Waals surface area contributed by atoms with Crippen LogP contribution in [0, 0.1) is 13.8 Å². The Kier molecular flexibility index (Phi) is 5.38. The summed E-state index contributed by atoms with van der Waals surface area (Å²) in [6.45, 7) is 4.85. The van der Waals surface area contributed by atoms with Gasteiger partial charge in [0.15, 0.2) is 5.82 Å². The lowest BCUT2D eigenvalue weighted by atomic mass is 10.1. The van der Waals surface area contributed by atoms with E-state index in [4.69, 9.17) is 4.74 Å². The molecule has 0 atom stereocenters. The van der Waals surface area contributed by atoms with E-state index in [1.54, 1.807) is 25.7 Å². The zero-order chi connectivity index (χ0) is 18.5. The van der Waals surface area contributed by atoms with Crippen LogP contribution in [0.25, 0.3) is 22.6 Å². The van der Waals surface area contributed by atoms with Crippen LogP contribution in [0.1, 0.15) is 21.7 Å². The van der Waals surface area contributed by atoms with E-state index in [0.717, 1.165) is 34.0 Å². The van der Waals surface area contributed by atoms with Crippen molar-refractivity contribution in [3.8, 4) is 22.6 Å². The average Bonchev–Trinajstić information content (AvgIpc) is 3.01. The molecule has 1 amide bonds. The molecule has 0 fully saturated rings. The molecule has 0 aromatic carbocycles. The van der Waals surface area contributed by atoms with Crippen molar-refractivity contribution in [1.82, 2.24) is 25.3 Å². The Hall–Kier alpha value is -3.06. The Bertz CT molecular complexity index is 900. The second-order valence-electron chi connectivity index (χ2n) is 5.94. The zero-order valence-electron chi connectivity index (χ0n) is 15.0. The summed E-state index contributed by atoms with van der Waals surface area (Å²) in [7, 11) is 1.59. The summed E-state index contributed by atoms with van der Waals surface area (Å²) in [6, 6.07) is 5.63. The van der Waals surface area contributed by atoms with Gasteiger partial charge in [-0.25, -0.2) is 4.98 Å². The molecule has 0 aliphatic carbocycles. The number of rotatable bonds is 6. The molecule has 0 saturated carbocycles. The summed E-state index contributed by atoms with van der Waals surface area (Å²) in [5, 5.41) is 2.79. The van der Waals surface area contributed by atoms with Crippen LogP contribution in [0.3, 0.4) is 0 Å². The SMILES string of the molecule is COCCNC(=O)c1cncc(-c2ccnc(-c3nc(C)c(C)[nH]3)c2)c1. The minimum atomic E-state index is -0.178. The monoisotopic (exact) mass is 351 g/mol. The number of methoxy groups -OCH3 is 1. The van der Waals surface area contributed by atoms with Crippen LogP contribution in [0.4, 0.5) is 0 Å². The molecule has 2 N–H and O–H groups in total. The summed E-state index contributed by atoms with van der Waals surface area (Å²) < 4.78 is 4.94. The maximum absolute atomic E-state index is 12.2. The number of imidazole rings is 1.